The maximum atomic E-state index is 12.3. The van der Waals surface area contributed by atoms with Gasteiger partial charge in [0.05, 0.1) is 17.2 Å². The maximum absolute atomic E-state index is 12.3. The normalized spacial score (nSPS) is 11.0. The first-order valence-corrected chi connectivity index (χ1v) is 7.27. The van der Waals surface area contributed by atoms with Crippen molar-refractivity contribution in [1.29, 1.82) is 0 Å². The van der Waals surface area contributed by atoms with E-state index in [-0.39, 0.29) is 17.2 Å². The summed E-state index contributed by atoms with van der Waals surface area (Å²) in [7, 11) is 0. The van der Waals surface area contributed by atoms with Gasteiger partial charge < -0.3 is 15.2 Å². The van der Waals surface area contributed by atoms with Crippen molar-refractivity contribution < 1.29 is 32.6 Å². The van der Waals surface area contributed by atoms with Crippen LogP contribution in [0.3, 0.4) is 0 Å². The van der Waals surface area contributed by atoms with Gasteiger partial charge in [0.25, 0.3) is 0 Å². The van der Waals surface area contributed by atoms with E-state index < -0.39 is 24.0 Å². The standard InChI is InChI=1S/C11H9BrF3NO4S/c12-6-1-2-7(8(3-6)20-11(13,14)15)16-9(17)4-21-5-10(18)19/h1-3H,4-5H2,(H,16,17)(H,18,19). The first kappa shape index (κ1) is 17.6. The van der Waals surface area contributed by atoms with Gasteiger partial charge >= 0.3 is 12.3 Å². The molecule has 0 atom stereocenters. The number of amides is 1. The van der Waals surface area contributed by atoms with Crippen LogP contribution in [0, 0.1) is 0 Å². The quantitative estimate of drug-likeness (QED) is 0.784. The molecule has 1 aromatic carbocycles. The van der Waals surface area contributed by atoms with E-state index in [1.54, 1.807) is 0 Å². The first-order chi connectivity index (χ1) is 9.67. The molecule has 0 aliphatic rings. The number of ether oxygens (including phenoxy) is 1. The second kappa shape index (κ2) is 7.55. The van der Waals surface area contributed by atoms with Gasteiger partial charge in [-0.05, 0) is 18.2 Å². The molecule has 0 unspecified atom stereocenters. The molecular formula is C11H9BrF3NO4S. The molecule has 116 valence electrons. The average Bonchev–Trinajstić information content (AvgIpc) is 2.30. The van der Waals surface area contributed by atoms with Gasteiger partial charge in [0, 0.05) is 4.47 Å². The third-order valence-electron chi connectivity index (χ3n) is 1.90. The Balaban J connectivity index is 2.73. The van der Waals surface area contributed by atoms with Crippen LogP contribution in [0.5, 0.6) is 5.75 Å². The van der Waals surface area contributed by atoms with E-state index in [4.69, 9.17) is 5.11 Å². The van der Waals surface area contributed by atoms with Crippen LogP contribution in [0.1, 0.15) is 0 Å². The lowest BCUT2D eigenvalue weighted by atomic mass is 10.3. The fourth-order valence-electron chi connectivity index (χ4n) is 1.23. The Morgan fingerprint density at radius 3 is 2.57 bits per heavy atom. The molecule has 0 bridgehead atoms. The molecule has 2 N–H and O–H groups in total. The van der Waals surface area contributed by atoms with Crippen molar-refractivity contribution in [2.75, 3.05) is 16.8 Å². The van der Waals surface area contributed by atoms with Gasteiger partial charge in [-0.1, -0.05) is 15.9 Å². The number of carbonyl (C=O) groups excluding carboxylic acids is 1. The van der Waals surface area contributed by atoms with E-state index in [1.165, 1.54) is 12.1 Å². The smallest absolute Gasteiger partial charge is 0.481 e. The van der Waals surface area contributed by atoms with Crippen LogP contribution >= 0.6 is 27.7 Å². The number of aliphatic carboxylic acids is 1. The highest BCUT2D eigenvalue weighted by Gasteiger charge is 2.32. The van der Waals surface area contributed by atoms with E-state index in [9.17, 15) is 22.8 Å². The number of benzene rings is 1. The van der Waals surface area contributed by atoms with Crippen molar-refractivity contribution in [3.05, 3.63) is 22.7 Å². The highest BCUT2D eigenvalue weighted by atomic mass is 79.9. The summed E-state index contributed by atoms with van der Waals surface area (Å²) in [5.41, 5.74) is -0.156. The molecule has 0 aliphatic carbocycles. The van der Waals surface area contributed by atoms with Crippen LogP contribution in [-0.2, 0) is 9.59 Å². The lowest BCUT2D eigenvalue weighted by Crippen LogP contribution is -2.20. The Morgan fingerprint density at radius 2 is 2.00 bits per heavy atom. The summed E-state index contributed by atoms with van der Waals surface area (Å²) in [6.07, 6.45) is -4.89. The Morgan fingerprint density at radius 1 is 1.33 bits per heavy atom. The summed E-state index contributed by atoms with van der Waals surface area (Å²) in [6, 6.07) is 3.74. The summed E-state index contributed by atoms with van der Waals surface area (Å²) >= 11 is 3.83. The number of carboxylic acids is 1. The number of alkyl halides is 3. The molecule has 0 radical (unpaired) electrons. The fourth-order valence-corrected chi connectivity index (χ4v) is 2.10. The number of carbonyl (C=O) groups is 2. The van der Waals surface area contributed by atoms with Gasteiger partial charge in [-0.15, -0.1) is 24.9 Å². The number of nitrogens with one attached hydrogen (secondary N) is 1. The second-order valence-electron chi connectivity index (χ2n) is 3.62. The SMILES string of the molecule is O=C(O)CSCC(=O)Nc1ccc(Br)cc1OC(F)(F)F. The monoisotopic (exact) mass is 387 g/mol. The van der Waals surface area contributed by atoms with Crippen molar-refractivity contribution in [3.8, 4) is 5.75 Å². The lowest BCUT2D eigenvalue weighted by Gasteiger charge is -2.14. The Bertz CT molecular complexity index is 539. The predicted molar refractivity (Wildman–Crippen MR) is 74.4 cm³/mol. The number of carboxylic acid groups (broad SMARTS) is 1. The van der Waals surface area contributed by atoms with E-state index >= 15 is 0 Å². The van der Waals surface area contributed by atoms with E-state index in [0.29, 0.717) is 4.47 Å². The van der Waals surface area contributed by atoms with Gasteiger partial charge in [-0.2, -0.15) is 0 Å². The third kappa shape index (κ3) is 7.23. The maximum Gasteiger partial charge on any atom is 0.573 e. The molecule has 1 aromatic rings. The van der Waals surface area contributed by atoms with Crippen molar-refractivity contribution in [2.45, 2.75) is 6.36 Å². The first-order valence-electron chi connectivity index (χ1n) is 5.32. The number of hydrogen-bond acceptors (Lipinski definition) is 4. The van der Waals surface area contributed by atoms with E-state index in [0.717, 1.165) is 17.8 Å². The van der Waals surface area contributed by atoms with Gasteiger partial charge in [0.1, 0.15) is 0 Å². The molecule has 5 nitrogen and oxygen atoms in total. The van der Waals surface area contributed by atoms with Gasteiger partial charge in [-0.3, -0.25) is 9.59 Å². The summed E-state index contributed by atoms with van der Waals surface area (Å²) in [6.45, 7) is 0. The Kier molecular flexibility index (Phi) is 6.34. The minimum Gasteiger partial charge on any atom is -0.481 e. The number of halogens is 4. The van der Waals surface area contributed by atoms with Crippen LogP contribution in [0.2, 0.25) is 0 Å². The largest absolute Gasteiger partial charge is 0.573 e. The molecule has 21 heavy (non-hydrogen) atoms. The van der Waals surface area contributed by atoms with Crippen LogP contribution in [0.25, 0.3) is 0 Å². The van der Waals surface area contributed by atoms with Crippen LogP contribution in [0.15, 0.2) is 22.7 Å². The van der Waals surface area contributed by atoms with Crippen LogP contribution in [0.4, 0.5) is 18.9 Å². The van der Waals surface area contributed by atoms with Gasteiger partial charge in [0.15, 0.2) is 5.75 Å². The average molecular weight is 388 g/mol. The van der Waals surface area contributed by atoms with Crippen molar-refractivity contribution in [2.24, 2.45) is 0 Å². The lowest BCUT2D eigenvalue weighted by molar-refractivity contribution is -0.274. The molecule has 0 fully saturated rings. The summed E-state index contributed by atoms with van der Waals surface area (Å²) in [5, 5.41) is 10.7. The molecular weight excluding hydrogens is 379 g/mol. The molecule has 1 rings (SSSR count). The Hall–Kier alpha value is -1.42. The molecule has 0 saturated carbocycles. The van der Waals surface area contributed by atoms with Crippen molar-refractivity contribution in [1.82, 2.24) is 0 Å². The summed E-state index contributed by atoms with van der Waals surface area (Å²) in [4.78, 5) is 21.8. The highest BCUT2D eigenvalue weighted by Crippen LogP contribution is 2.33. The predicted octanol–water partition coefficient (Wildman–Crippen LogP) is 3.10. The highest BCUT2D eigenvalue weighted by molar-refractivity contribution is 9.10. The molecule has 10 heteroatoms. The zero-order valence-corrected chi connectivity index (χ0v) is 12.6. The molecule has 0 heterocycles. The molecule has 0 aliphatic heterocycles. The number of thioether (sulfide) groups is 1. The molecule has 0 saturated heterocycles. The summed E-state index contributed by atoms with van der Waals surface area (Å²) < 4.78 is 40.9. The molecule has 0 spiro atoms. The van der Waals surface area contributed by atoms with Crippen molar-refractivity contribution >= 4 is 45.3 Å². The topological polar surface area (TPSA) is 75.6 Å². The van der Waals surface area contributed by atoms with Crippen LogP contribution in [-0.4, -0.2) is 34.9 Å². The minimum absolute atomic E-state index is 0.156. The molecule has 0 aromatic heterocycles. The van der Waals surface area contributed by atoms with E-state index in [1.807, 2.05) is 0 Å². The van der Waals surface area contributed by atoms with Gasteiger partial charge in [0.2, 0.25) is 5.91 Å². The zero-order chi connectivity index (χ0) is 16.0. The number of rotatable bonds is 6. The van der Waals surface area contributed by atoms with E-state index in [2.05, 4.69) is 26.0 Å². The van der Waals surface area contributed by atoms with Crippen LogP contribution < -0.4 is 10.1 Å². The molecule has 1 amide bonds. The minimum atomic E-state index is -4.89. The second-order valence-corrected chi connectivity index (χ2v) is 5.52. The van der Waals surface area contributed by atoms with Crippen molar-refractivity contribution in [3.63, 3.8) is 0 Å². The van der Waals surface area contributed by atoms with Gasteiger partial charge in [-0.25, -0.2) is 0 Å². The Labute approximate surface area is 130 Å². The number of anilines is 1. The fraction of sp³-hybridized carbons (Fsp3) is 0.273. The zero-order valence-electron chi connectivity index (χ0n) is 10.2. The summed E-state index contributed by atoms with van der Waals surface area (Å²) in [5.74, 6) is -2.75. The number of hydrogen-bond donors (Lipinski definition) is 2. The third-order valence-corrected chi connectivity index (χ3v) is 3.31.